The molecule has 0 saturated carbocycles. The quantitative estimate of drug-likeness (QED) is 0.859. The van der Waals surface area contributed by atoms with Gasteiger partial charge >= 0.3 is 0 Å². The number of morpholine rings is 1. The lowest BCUT2D eigenvalue weighted by molar-refractivity contribution is -0.140. The fourth-order valence-corrected chi connectivity index (χ4v) is 2.15. The van der Waals surface area contributed by atoms with Gasteiger partial charge in [0, 0.05) is 6.54 Å². The molecule has 1 heterocycles. The van der Waals surface area contributed by atoms with Crippen LogP contribution in [-0.4, -0.2) is 55.4 Å². The Labute approximate surface area is 112 Å². The number of benzene rings is 1. The summed E-state index contributed by atoms with van der Waals surface area (Å²) in [7, 11) is 1.61. The Kier molecular flexibility index (Phi) is 4.76. The Bertz CT molecular complexity index is 418. The molecule has 5 heteroatoms. The van der Waals surface area contributed by atoms with Crippen LogP contribution in [0.4, 0.5) is 0 Å². The standard InChI is InChI=1S/C14H19NO4/c1-18-13-4-2-11(3-5-13)8-14(17)15-6-7-19-10-12(15)9-16/h2-5,12,16H,6-10H2,1H3. The first-order valence-corrected chi connectivity index (χ1v) is 6.35. The van der Waals surface area contributed by atoms with Gasteiger partial charge in [0.1, 0.15) is 5.75 Å². The smallest absolute Gasteiger partial charge is 0.227 e. The van der Waals surface area contributed by atoms with Crippen LogP contribution in [0.1, 0.15) is 5.56 Å². The monoisotopic (exact) mass is 265 g/mol. The van der Waals surface area contributed by atoms with Crippen LogP contribution in [0.3, 0.4) is 0 Å². The van der Waals surface area contributed by atoms with E-state index in [1.807, 2.05) is 24.3 Å². The van der Waals surface area contributed by atoms with Gasteiger partial charge in [-0.25, -0.2) is 0 Å². The number of carbonyl (C=O) groups excluding carboxylic acids is 1. The Morgan fingerprint density at radius 2 is 2.21 bits per heavy atom. The van der Waals surface area contributed by atoms with Crippen molar-refractivity contribution in [3.8, 4) is 5.75 Å². The maximum atomic E-state index is 12.2. The number of aliphatic hydroxyl groups is 1. The Balaban J connectivity index is 1.98. The van der Waals surface area contributed by atoms with Crippen molar-refractivity contribution in [3.05, 3.63) is 29.8 Å². The van der Waals surface area contributed by atoms with E-state index in [0.29, 0.717) is 26.2 Å². The first-order chi connectivity index (χ1) is 9.24. The predicted octanol–water partition coefficient (Wildman–Crippen LogP) is 0.457. The van der Waals surface area contributed by atoms with Gasteiger partial charge in [-0.2, -0.15) is 0 Å². The number of hydrogen-bond acceptors (Lipinski definition) is 4. The molecule has 1 aromatic carbocycles. The molecule has 0 spiro atoms. The molecule has 1 saturated heterocycles. The number of nitrogens with zero attached hydrogens (tertiary/aromatic N) is 1. The molecule has 5 nitrogen and oxygen atoms in total. The summed E-state index contributed by atoms with van der Waals surface area (Å²) in [5, 5.41) is 9.25. The van der Waals surface area contributed by atoms with Crippen LogP contribution in [0, 0.1) is 0 Å². The van der Waals surface area contributed by atoms with Crippen molar-refractivity contribution in [2.24, 2.45) is 0 Å². The van der Waals surface area contributed by atoms with E-state index in [0.717, 1.165) is 11.3 Å². The summed E-state index contributed by atoms with van der Waals surface area (Å²) in [5.41, 5.74) is 0.939. The van der Waals surface area contributed by atoms with Crippen LogP contribution in [0.2, 0.25) is 0 Å². The van der Waals surface area contributed by atoms with Crippen molar-refractivity contribution < 1.29 is 19.4 Å². The summed E-state index contributed by atoms with van der Waals surface area (Å²) in [5.74, 6) is 0.795. The highest BCUT2D eigenvalue weighted by molar-refractivity contribution is 5.79. The minimum absolute atomic E-state index is 0.0208. The molecule has 1 aromatic rings. The second-order valence-corrected chi connectivity index (χ2v) is 4.52. The van der Waals surface area contributed by atoms with Crippen molar-refractivity contribution in [3.63, 3.8) is 0 Å². The molecule has 2 rings (SSSR count). The molecule has 1 unspecified atom stereocenters. The van der Waals surface area contributed by atoms with Crippen LogP contribution >= 0.6 is 0 Å². The van der Waals surface area contributed by atoms with Crippen LogP contribution in [-0.2, 0) is 16.0 Å². The second-order valence-electron chi connectivity index (χ2n) is 4.52. The first-order valence-electron chi connectivity index (χ1n) is 6.35. The molecule has 19 heavy (non-hydrogen) atoms. The van der Waals surface area contributed by atoms with Gasteiger partial charge in [0.15, 0.2) is 0 Å². The average Bonchev–Trinajstić information content (AvgIpc) is 2.48. The topological polar surface area (TPSA) is 59.0 Å². The van der Waals surface area contributed by atoms with E-state index < -0.39 is 0 Å². The maximum Gasteiger partial charge on any atom is 0.227 e. The Morgan fingerprint density at radius 3 is 2.84 bits per heavy atom. The number of aliphatic hydroxyl groups excluding tert-OH is 1. The second kappa shape index (κ2) is 6.54. The van der Waals surface area contributed by atoms with Crippen molar-refractivity contribution in [1.82, 2.24) is 4.90 Å². The predicted molar refractivity (Wildman–Crippen MR) is 70.1 cm³/mol. The number of methoxy groups -OCH3 is 1. The summed E-state index contributed by atoms with van der Waals surface area (Å²) < 4.78 is 10.3. The molecule has 0 bridgehead atoms. The minimum Gasteiger partial charge on any atom is -0.497 e. The summed E-state index contributed by atoms with van der Waals surface area (Å²) >= 11 is 0. The number of ether oxygens (including phenoxy) is 2. The van der Waals surface area contributed by atoms with Gasteiger partial charge in [0.05, 0.1) is 39.4 Å². The first kappa shape index (κ1) is 13.8. The van der Waals surface area contributed by atoms with Gasteiger partial charge in [-0.15, -0.1) is 0 Å². The number of rotatable bonds is 4. The zero-order valence-corrected chi connectivity index (χ0v) is 11.0. The van der Waals surface area contributed by atoms with E-state index in [2.05, 4.69) is 0 Å². The van der Waals surface area contributed by atoms with Gasteiger partial charge in [0.25, 0.3) is 0 Å². The normalized spacial score (nSPS) is 19.3. The average molecular weight is 265 g/mol. The molecular formula is C14H19NO4. The molecule has 1 aliphatic heterocycles. The molecule has 0 aromatic heterocycles. The SMILES string of the molecule is COc1ccc(CC(=O)N2CCOCC2CO)cc1. The van der Waals surface area contributed by atoms with Crippen molar-refractivity contribution >= 4 is 5.91 Å². The Hall–Kier alpha value is -1.59. The van der Waals surface area contributed by atoms with Gasteiger partial charge in [-0.3, -0.25) is 4.79 Å². The van der Waals surface area contributed by atoms with Gasteiger partial charge in [0.2, 0.25) is 5.91 Å². The van der Waals surface area contributed by atoms with Gasteiger partial charge in [-0.1, -0.05) is 12.1 Å². The van der Waals surface area contributed by atoms with Crippen molar-refractivity contribution in [2.45, 2.75) is 12.5 Å². The lowest BCUT2D eigenvalue weighted by Gasteiger charge is -2.34. The zero-order valence-electron chi connectivity index (χ0n) is 11.0. The molecule has 1 aliphatic rings. The molecule has 1 N–H and O–H groups in total. The third-order valence-corrected chi connectivity index (χ3v) is 3.27. The van der Waals surface area contributed by atoms with Gasteiger partial charge in [-0.05, 0) is 17.7 Å². The highest BCUT2D eigenvalue weighted by atomic mass is 16.5. The number of carbonyl (C=O) groups is 1. The van der Waals surface area contributed by atoms with Crippen LogP contribution < -0.4 is 4.74 Å². The lowest BCUT2D eigenvalue weighted by Crippen LogP contribution is -2.51. The molecule has 1 fully saturated rings. The zero-order chi connectivity index (χ0) is 13.7. The largest absolute Gasteiger partial charge is 0.497 e. The van der Waals surface area contributed by atoms with Crippen molar-refractivity contribution in [2.75, 3.05) is 33.5 Å². The highest BCUT2D eigenvalue weighted by Crippen LogP contribution is 2.14. The third-order valence-electron chi connectivity index (χ3n) is 3.27. The molecule has 0 radical (unpaired) electrons. The number of hydrogen-bond donors (Lipinski definition) is 1. The maximum absolute atomic E-state index is 12.2. The van der Waals surface area contributed by atoms with E-state index in [1.165, 1.54) is 0 Å². The van der Waals surface area contributed by atoms with Crippen molar-refractivity contribution in [1.29, 1.82) is 0 Å². The van der Waals surface area contributed by atoms with E-state index in [-0.39, 0.29) is 18.6 Å². The Morgan fingerprint density at radius 1 is 1.47 bits per heavy atom. The summed E-state index contributed by atoms with van der Waals surface area (Å²) in [4.78, 5) is 13.9. The molecular weight excluding hydrogens is 246 g/mol. The fraction of sp³-hybridized carbons (Fsp3) is 0.500. The molecule has 1 amide bonds. The van der Waals surface area contributed by atoms with Crippen LogP contribution in [0.15, 0.2) is 24.3 Å². The summed E-state index contributed by atoms with van der Waals surface area (Å²) in [6.07, 6.45) is 0.334. The fourth-order valence-electron chi connectivity index (χ4n) is 2.15. The molecule has 1 atom stereocenters. The number of amides is 1. The molecule has 0 aliphatic carbocycles. The minimum atomic E-state index is -0.223. The highest BCUT2D eigenvalue weighted by Gasteiger charge is 2.26. The molecule has 104 valence electrons. The van der Waals surface area contributed by atoms with Crippen LogP contribution in [0.25, 0.3) is 0 Å². The van der Waals surface area contributed by atoms with Gasteiger partial charge < -0.3 is 19.5 Å². The third kappa shape index (κ3) is 3.45. The lowest BCUT2D eigenvalue weighted by atomic mass is 10.1. The van der Waals surface area contributed by atoms with E-state index in [1.54, 1.807) is 12.0 Å². The van der Waals surface area contributed by atoms with E-state index in [4.69, 9.17) is 9.47 Å². The van der Waals surface area contributed by atoms with E-state index >= 15 is 0 Å². The van der Waals surface area contributed by atoms with E-state index in [9.17, 15) is 9.90 Å². The summed E-state index contributed by atoms with van der Waals surface area (Å²) in [6, 6.07) is 7.21. The van der Waals surface area contributed by atoms with Crippen LogP contribution in [0.5, 0.6) is 5.75 Å². The summed E-state index contributed by atoms with van der Waals surface area (Å²) in [6.45, 7) is 1.42.